The van der Waals surface area contributed by atoms with Crippen molar-refractivity contribution in [1.82, 2.24) is 4.90 Å². The van der Waals surface area contributed by atoms with Crippen LogP contribution in [0.15, 0.2) is 18.2 Å². The molecule has 0 saturated heterocycles. The molecule has 1 amide bonds. The lowest BCUT2D eigenvalue weighted by atomic mass is 10.1. The first kappa shape index (κ1) is 25.4. The largest absolute Gasteiger partial charge is 0.456 e. The van der Waals surface area contributed by atoms with Gasteiger partial charge in [-0.3, -0.25) is 10.1 Å². The van der Waals surface area contributed by atoms with Gasteiger partial charge in [0.15, 0.2) is 0 Å². The SMILES string of the molecule is CC(C)CCN(Cc1ccc(C(=O)OC(C)(C)C)cc1[N+](=O)[O-])C(=O)OC(C)(C)C. The topological polar surface area (TPSA) is 99.0 Å². The molecule has 0 bridgehead atoms. The van der Waals surface area contributed by atoms with Gasteiger partial charge in [0.1, 0.15) is 11.2 Å². The number of hydrogen-bond acceptors (Lipinski definition) is 6. The number of nitrogens with zero attached hydrogens (tertiary/aromatic N) is 2. The Hall–Kier alpha value is -2.64. The highest BCUT2D eigenvalue weighted by Gasteiger charge is 2.27. The highest BCUT2D eigenvalue weighted by atomic mass is 16.6. The summed E-state index contributed by atoms with van der Waals surface area (Å²) >= 11 is 0. The maximum atomic E-state index is 12.6. The lowest BCUT2D eigenvalue weighted by Crippen LogP contribution is -2.37. The van der Waals surface area contributed by atoms with Gasteiger partial charge in [0.25, 0.3) is 5.69 Å². The molecule has 0 aliphatic carbocycles. The van der Waals surface area contributed by atoms with Crippen LogP contribution in [-0.4, -0.2) is 39.6 Å². The fourth-order valence-electron chi connectivity index (χ4n) is 2.51. The molecule has 0 unspecified atom stereocenters. The van der Waals surface area contributed by atoms with E-state index in [-0.39, 0.29) is 17.8 Å². The Morgan fingerprint density at radius 3 is 2.10 bits per heavy atom. The van der Waals surface area contributed by atoms with Gasteiger partial charge in [-0.05, 0) is 66.0 Å². The average Bonchev–Trinajstić information content (AvgIpc) is 2.55. The van der Waals surface area contributed by atoms with Crippen LogP contribution in [0.5, 0.6) is 0 Å². The first-order valence-corrected chi connectivity index (χ1v) is 10.1. The van der Waals surface area contributed by atoms with E-state index in [1.807, 2.05) is 13.8 Å². The Labute approximate surface area is 178 Å². The van der Waals surface area contributed by atoms with E-state index in [0.29, 0.717) is 18.0 Å². The predicted molar refractivity (Wildman–Crippen MR) is 114 cm³/mol. The maximum absolute atomic E-state index is 12.6. The van der Waals surface area contributed by atoms with E-state index in [2.05, 4.69) is 0 Å². The summed E-state index contributed by atoms with van der Waals surface area (Å²) in [5.41, 5.74) is -1.22. The molecule has 0 radical (unpaired) electrons. The molecule has 0 spiro atoms. The molecule has 0 aromatic heterocycles. The van der Waals surface area contributed by atoms with Gasteiger partial charge in [0.05, 0.1) is 17.0 Å². The Balaban J connectivity index is 3.19. The molecule has 1 aromatic rings. The number of nitro groups is 1. The molecule has 0 aliphatic heterocycles. The van der Waals surface area contributed by atoms with Crippen LogP contribution in [0.1, 0.15) is 77.7 Å². The molecule has 0 fully saturated rings. The smallest absolute Gasteiger partial charge is 0.410 e. The normalized spacial score (nSPS) is 11.9. The van der Waals surface area contributed by atoms with Gasteiger partial charge in [0.2, 0.25) is 0 Å². The van der Waals surface area contributed by atoms with Crippen molar-refractivity contribution in [3.63, 3.8) is 0 Å². The molecule has 0 heterocycles. The van der Waals surface area contributed by atoms with Crippen LogP contribution in [0.3, 0.4) is 0 Å². The van der Waals surface area contributed by atoms with Crippen molar-refractivity contribution in [2.45, 2.75) is 79.6 Å². The van der Waals surface area contributed by atoms with Gasteiger partial charge in [-0.15, -0.1) is 0 Å². The van der Waals surface area contributed by atoms with Crippen LogP contribution in [0.25, 0.3) is 0 Å². The number of rotatable bonds is 7. The molecule has 8 heteroatoms. The summed E-state index contributed by atoms with van der Waals surface area (Å²) in [6, 6.07) is 4.16. The zero-order valence-electron chi connectivity index (χ0n) is 19.3. The molecule has 30 heavy (non-hydrogen) atoms. The second kappa shape index (κ2) is 9.91. The van der Waals surface area contributed by atoms with Crippen molar-refractivity contribution in [3.05, 3.63) is 39.4 Å². The number of ether oxygens (including phenoxy) is 2. The van der Waals surface area contributed by atoms with E-state index in [1.54, 1.807) is 41.5 Å². The molecular weight excluding hydrogens is 388 g/mol. The third-order valence-electron chi connectivity index (χ3n) is 3.91. The third kappa shape index (κ3) is 8.80. The highest BCUT2D eigenvalue weighted by molar-refractivity contribution is 5.90. The second-order valence-corrected chi connectivity index (χ2v) is 9.69. The summed E-state index contributed by atoms with van der Waals surface area (Å²) in [5, 5.41) is 11.6. The zero-order valence-corrected chi connectivity index (χ0v) is 19.3. The Morgan fingerprint density at radius 2 is 1.63 bits per heavy atom. The number of esters is 1. The Bertz CT molecular complexity index is 775. The fourth-order valence-corrected chi connectivity index (χ4v) is 2.51. The van der Waals surface area contributed by atoms with Crippen LogP contribution in [0.4, 0.5) is 10.5 Å². The molecule has 0 aliphatic rings. The van der Waals surface area contributed by atoms with E-state index in [9.17, 15) is 19.7 Å². The number of amides is 1. The van der Waals surface area contributed by atoms with E-state index in [0.717, 1.165) is 6.42 Å². The summed E-state index contributed by atoms with van der Waals surface area (Å²) in [5.74, 6) is -0.291. The number of benzene rings is 1. The number of hydrogen-bond donors (Lipinski definition) is 0. The number of nitro benzene ring substituents is 1. The van der Waals surface area contributed by atoms with E-state index >= 15 is 0 Å². The lowest BCUT2D eigenvalue weighted by molar-refractivity contribution is -0.385. The maximum Gasteiger partial charge on any atom is 0.410 e. The molecular formula is C22H34N2O6. The number of carbonyl (C=O) groups excluding carboxylic acids is 2. The van der Waals surface area contributed by atoms with Gasteiger partial charge < -0.3 is 14.4 Å². The van der Waals surface area contributed by atoms with E-state index in [1.165, 1.54) is 23.1 Å². The standard InChI is InChI=1S/C22H34N2O6/c1-15(2)11-12-23(20(26)30-22(6,7)8)14-17-10-9-16(13-18(17)24(27)28)19(25)29-21(3,4)5/h9-10,13,15H,11-12,14H2,1-8H3. The summed E-state index contributed by atoms with van der Waals surface area (Å²) in [6.07, 6.45) is 0.192. The van der Waals surface area contributed by atoms with Crippen LogP contribution >= 0.6 is 0 Å². The quantitative estimate of drug-likeness (QED) is 0.334. The first-order chi connectivity index (χ1) is 13.6. The van der Waals surface area contributed by atoms with Crippen molar-refractivity contribution in [2.24, 2.45) is 5.92 Å². The third-order valence-corrected chi connectivity index (χ3v) is 3.91. The molecule has 168 valence electrons. The molecule has 0 atom stereocenters. The molecule has 1 rings (SSSR count). The van der Waals surface area contributed by atoms with Crippen LogP contribution in [0.2, 0.25) is 0 Å². The highest BCUT2D eigenvalue weighted by Crippen LogP contribution is 2.25. The Kier molecular flexibility index (Phi) is 8.39. The zero-order chi connectivity index (χ0) is 23.3. The summed E-state index contributed by atoms with van der Waals surface area (Å²) in [6.45, 7) is 14.9. The molecule has 1 aromatic carbocycles. The second-order valence-electron chi connectivity index (χ2n) is 9.69. The summed E-state index contributed by atoms with van der Waals surface area (Å²) in [7, 11) is 0. The van der Waals surface area contributed by atoms with Gasteiger partial charge >= 0.3 is 12.1 Å². The van der Waals surface area contributed by atoms with Gasteiger partial charge in [0, 0.05) is 18.2 Å². The van der Waals surface area contributed by atoms with Gasteiger partial charge in [-0.25, -0.2) is 9.59 Å². The fraction of sp³-hybridized carbons (Fsp3) is 0.636. The molecule has 0 saturated carbocycles. The summed E-state index contributed by atoms with van der Waals surface area (Å²) in [4.78, 5) is 37.5. The minimum Gasteiger partial charge on any atom is -0.456 e. The minimum atomic E-state index is -0.713. The monoisotopic (exact) mass is 422 g/mol. The molecule has 8 nitrogen and oxygen atoms in total. The van der Waals surface area contributed by atoms with E-state index in [4.69, 9.17) is 9.47 Å². The lowest BCUT2D eigenvalue weighted by Gasteiger charge is -2.28. The first-order valence-electron chi connectivity index (χ1n) is 10.1. The van der Waals surface area contributed by atoms with Crippen molar-refractivity contribution in [2.75, 3.05) is 6.54 Å². The van der Waals surface area contributed by atoms with Crippen molar-refractivity contribution < 1.29 is 24.0 Å². The van der Waals surface area contributed by atoms with Crippen LogP contribution < -0.4 is 0 Å². The van der Waals surface area contributed by atoms with Crippen molar-refractivity contribution in [1.29, 1.82) is 0 Å². The van der Waals surface area contributed by atoms with Crippen molar-refractivity contribution in [3.8, 4) is 0 Å². The average molecular weight is 423 g/mol. The summed E-state index contributed by atoms with van der Waals surface area (Å²) < 4.78 is 10.8. The van der Waals surface area contributed by atoms with Crippen LogP contribution in [-0.2, 0) is 16.0 Å². The molecule has 0 N–H and O–H groups in total. The van der Waals surface area contributed by atoms with E-state index < -0.39 is 28.2 Å². The Morgan fingerprint density at radius 1 is 1.07 bits per heavy atom. The van der Waals surface area contributed by atoms with Crippen LogP contribution in [0, 0.1) is 16.0 Å². The number of carbonyl (C=O) groups is 2. The van der Waals surface area contributed by atoms with Gasteiger partial charge in [-0.1, -0.05) is 13.8 Å². The van der Waals surface area contributed by atoms with Crippen molar-refractivity contribution >= 4 is 17.7 Å². The van der Waals surface area contributed by atoms with Gasteiger partial charge in [-0.2, -0.15) is 0 Å². The predicted octanol–water partition coefficient (Wildman–Crippen LogP) is 5.33. The minimum absolute atomic E-state index is 0.00649.